The van der Waals surface area contributed by atoms with E-state index in [1.807, 2.05) is 6.92 Å². The summed E-state index contributed by atoms with van der Waals surface area (Å²) < 4.78 is 10.7. The molecular formula is C11H25NO3Si. The quantitative estimate of drug-likeness (QED) is 0.403. The van der Waals surface area contributed by atoms with Crippen molar-refractivity contribution in [3.05, 3.63) is 0 Å². The van der Waals surface area contributed by atoms with Crippen molar-refractivity contribution in [1.82, 2.24) is 5.32 Å². The Morgan fingerprint density at radius 1 is 1.38 bits per heavy atom. The first-order valence-corrected chi connectivity index (χ1v) is 9.30. The zero-order valence-corrected chi connectivity index (χ0v) is 12.1. The maximum Gasteiger partial charge on any atom is 0.307 e. The molecule has 5 heteroatoms. The first-order valence-electron chi connectivity index (χ1n) is 5.89. The van der Waals surface area contributed by atoms with Gasteiger partial charge in [0.1, 0.15) is 0 Å². The molecule has 1 N–H and O–H groups in total. The van der Waals surface area contributed by atoms with Crippen molar-refractivity contribution in [1.29, 1.82) is 0 Å². The number of ether oxygens (including phenoxy) is 1. The van der Waals surface area contributed by atoms with Gasteiger partial charge in [-0.3, -0.25) is 4.79 Å². The molecule has 0 aliphatic heterocycles. The number of esters is 1. The van der Waals surface area contributed by atoms with Gasteiger partial charge in [0.2, 0.25) is 0 Å². The molecule has 0 aromatic rings. The molecule has 0 aliphatic rings. The molecule has 0 unspecified atom stereocenters. The molecule has 0 aromatic heterocycles. The fourth-order valence-electron chi connectivity index (χ4n) is 1.37. The van der Waals surface area contributed by atoms with Crippen LogP contribution < -0.4 is 5.32 Å². The van der Waals surface area contributed by atoms with Crippen LogP contribution in [0.4, 0.5) is 0 Å². The molecule has 0 bridgehead atoms. The van der Waals surface area contributed by atoms with Crippen LogP contribution in [0.1, 0.15) is 20.3 Å². The predicted molar refractivity (Wildman–Crippen MR) is 68.0 cm³/mol. The summed E-state index contributed by atoms with van der Waals surface area (Å²) in [5.74, 6) is -0.145. The summed E-state index contributed by atoms with van der Waals surface area (Å²) in [5.41, 5.74) is 0. The fourth-order valence-corrected chi connectivity index (χ4v) is 2.66. The number of hydrogen-bond donors (Lipinski definition) is 1. The highest BCUT2D eigenvalue weighted by Crippen LogP contribution is 2.06. The van der Waals surface area contributed by atoms with Gasteiger partial charge in [-0.05, 0) is 33.5 Å². The molecule has 0 saturated carbocycles. The van der Waals surface area contributed by atoms with Crippen LogP contribution in [-0.4, -0.2) is 40.1 Å². The Bertz CT molecular complexity index is 204. The third-order valence-corrected chi connectivity index (χ3v) is 2.91. The lowest BCUT2D eigenvalue weighted by atomic mass is 10.4. The van der Waals surface area contributed by atoms with E-state index >= 15 is 0 Å². The van der Waals surface area contributed by atoms with Crippen LogP contribution in [0.15, 0.2) is 0 Å². The Labute approximate surface area is 99.8 Å². The van der Waals surface area contributed by atoms with Crippen LogP contribution in [0.2, 0.25) is 19.6 Å². The topological polar surface area (TPSA) is 47.6 Å². The minimum Gasteiger partial charge on any atom is -0.466 e. The van der Waals surface area contributed by atoms with Gasteiger partial charge >= 0.3 is 5.97 Å². The second-order valence-corrected chi connectivity index (χ2v) is 9.26. The van der Waals surface area contributed by atoms with Gasteiger partial charge in [0.25, 0.3) is 0 Å². The maximum atomic E-state index is 11.0. The minimum atomic E-state index is -1.45. The van der Waals surface area contributed by atoms with Crippen molar-refractivity contribution in [3.63, 3.8) is 0 Å². The van der Waals surface area contributed by atoms with E-state index in [1.165, 1.54) is 0 Å². The van der Waals surface area contributed by atoms with Crippen LogP contribution in [0.25, 0.3) is 0 Å². The predicted octanol–water partition coefficient (Wildman–Crippen LogP) is 1.77. The van der Waals surface area contributed by atoms with Crippen LogP contribution in [0.5, 0.6) is 0 Å². The summed E-state index contributed by atoms with van der Waals surface area (Å²) in [5, 5.41) is 3.19. The largest absolute Gasteiger partial charge is 0.466 e. The van der Waals surface area contributed by atoms with Crippen molar-refractivity contribution >= 4 is 14.3 Å². The van der Waals surface area contributed by atoms with Gasteiger partial charge in [-0.25, -0.2) is 0 Å². The summed E-state index contributed by atoms with van der Waals surface area (Å²) >= 11 is 0. The standard InChI is InChI=1S/C11H25NO3Si/c1-6-14-11(13)7-8-12-9-10(2)15-16(3,4)5/h10,12H,6-9H2,1-5H3/t10-/m1/s1. The number of hydrogen-bond acceptors (Lipinski definition) is 4. The third kappa shape index (κ3) is 10.1. The number of rotatable bonds is 8. The van der Waals surface area contributed by atoms with Gasteiger partial charge in [-0.1, -0.05) is 0 Å². The van der Waals surface area contributed by atoms with Crippen LogP contribution in [-0.2, 0) is 14.0 Å². The third-order valence-electron chi connectivity index (χ3n) is 1.80. The molecule has 0 rings (SSSR count). The number of carbonyl (C=O) groups excluding carboxylic acids is 1. The van der Waals surface area contributed by atoms with Gasteiger partial charge in [0, 0.05) is 13.1 Å². The van der Waals surface area contributed by atoms with E-state index in [0.29, 0.717) is 19.6 Å². The Balaban J connectivity index is 3.48. The van der Waals surface area contributed by atoms with Crippen LogP contribution >= 0.6 is 0 Å². The van der Waals surface area contributed by atoms with E-state index in [4.69, 9.17) is 9.16 Å². The lowest BCUT2D eigenvalue weighted by Gasteiger charge is -2.23. The number of nitrogens with one attached hydrogen (secondary N) is 1. The van der Waals surface area contributed by atoms with Crippen molar-refractivity contribution in [2.75, 3.05) is 19.7 Å². The first kappa shape index (κ1) is 15.6. The molecule has 0 saturated heterocycles. The second-order valence-electron chi connectivity index (χ2n) is 4.80. The molecule has 0 aliphatic carbocycles. The lowest BCUT2D eigenvalue weighted by molar-refractivity contribution is -0.142. The number of carbonyl (C=O) groups is 1. The first-order chi connectivity index (χ1) is 7.35. The van der Waals surface area contributed by atoms with Crippen molar-refractivity contribution in [3.8, 4) is 0 Å². The molecule has 0 spiro atoms. The molecule has 0 aromatic carbocycles. The molecule has 0 fully saturated rings. The van der Waals surface area contributed by atoms with Gasteiger partial charge in [-0.15, -0.1) is 0 Å². The van der Waals surface area contributed by atoms with Gasteiger partial charge in [0.05, 0.1) is 19.1 Å². The lowest BCUT2D eigenvalue weighted by Crippen LogP contribution is -2.37. The minimum absolute atomic E-state index is 0.145. The highest BCUT2D eigenvalue weighted by molar-refractivity contribution is 6.69. The molecule has 4 nitrogen and oxygen atoms in total. The monoisotopic (exact) mass is 247 g/mol. The van der Waals surface area contributed by atoms with Crippen LogP contribution in [0.3, 0.4) is 0 Å². The molecule has 96 valence electrons. The average molecular weight is 247 g/mol. The van der Waals surface area contributed by atoms with E-state index < -0.39 is 8.32 Å². The molecule has 16 heavy (non-hydrogen) atoms. The van der Waals surface area contributed by atoms with E-state index in [-0.39, 0.29) is 12.1 Å². The molecule has 1 atom stereocenters. The smallest absolute Gasteiger partial charge is 0.307 e. The fraction of sp³-hybridized carbons (Fsp3) is 0.909. The highest BCUT2D eigenvalue weighted by Gasteiger charge is 2.17. The van der Waals surface area contributed by atoms with E-state index in [1.54, 1.807) is 0 Å². The normalized spacial score (nSPS) is 13.6. The van der Waals surface area contributed by atoms with E-state index in [9.17, 15) is 4.79 Å². The second kappa shape index (κ2) is 7.81. The summed E-state index contributed by atoms with van der Waals surface area (Å²) in [6.07, 6.45) is 0.627. The highest BCUT2D eigenvalue weighted by atomic mass is 28.4. The van der Waals surface area contributed by atoms with Crippen molar-refractivity contribution in [2.45, 2.75) is 46.0 Å². The molecular weight excluding hydrogens is 222 g/mol. The summed E-state index contributed by atoms with van der Waals surface area (Å²) in [6, 6.07) is 0. The Kier molecular flexibility index (Phi) is 7.62. The van der Waals surface area contributed by atoms with Crippen LogP contribution in [0, 0.1) is 0 Å². The Morgan fingerprint density at radius 2 is 2.00 bits per heavy atom. The summed E-state index contributed by atoms with van der Waals surface area (Å²) in [4.78, 5) is 11.0. The molecule has 0 radical (unpaired) electrons. The zero-order valence-electron chi connectivity index (χ0n) is 11.1. The molecule has 0 heterocycles. The van der Waals surface area contributed by atoms with Gasteiger partial charge in [-0.2, -0.15) is 0 Å². The van der Waals surface area contributed by atoms with Crippen molar-refractivity contribution in [2.24, 2.45) is 0 Å². The average Bonchev–Trinajstić information content (AvgIpc) is 2.10. The SMILES string of the molecule is CCOC(=O)CCNC[C@@H](C)O[Si](C)(C)C. The summed E-state index contributed by atoms with van der Waals surface area (Å²) in [7, 11) is -1.45. The summed E-state index contributed by atoms with van der Waals surface area (Å²) in [6.45, 7) is 12.3. The van der Waals surface area contributed by atoms with Gasteiger partial charge in [0.15, 0.2) is 8.32 Å². The maximum absolute atomic E-state index is 11.0. The van der Waals surface area contributed by atoms with E-state index in [2.05, 4.69) is 31.9 Å². The van der Waals surface area contributed by atoms with Crippen molar-refractivity contribution < 1.29 is 14.0 Å². The molecule has 0 amide bonds. The Hall–Kier alpha value is -0.393. The van der Waals surface area contributed by atoms with E-state index in [0.717, 1.165) is 6.54 Å². The zero-order chi connectivity index (χ0) is 12.6. The van der Waals surface area contributed by atoms with Gasteiger partial charge < -0.3 is 14.5 Å². The Morgan fingerprint density at radius 3 is 2.50 bits per heavy atom.